The van der Waals surface area contributed by atoms with Gasteiger partial charge in [0.05, 0.1) is 22.9 Å². The molecule has 0 aliphatic heterocycles. The summed E-state index contributed by atoms with van der Waals surface area (Å²) in [5.41, 5.74) is 7.13. The number of nitrogens with zero attached hydrogens (tertiary/aromatic N) is 8. The number of tetrazole rings is 2. The van der Waals surface area contributed by atoms with Crippen molar-refractivity contribution in [2.24, 2.45) is 0 Å². The summed E-state index contributed by atoms with van der Waals surface area (Å²) in [5, 5.41) is 30.6. The summed E-state index contributed by atoms with van der Waals surface area (Å²) < 4.78 is 3.21. The number of carbonyl (C=O) groups excluding carboxylic acids is 2. The minimum atomic E-state index is -0.161. The molecule has 2 amide bonds. The molecule has 0 aliphatic carbocycles. The van der Waals surface area contributed by atoms with Crippen LogP contribution in [0.5, 0.6) is 0 Å². The number of aryl methyl sites for hydroxylation is 2. The van der Waals surface area contributed by atoms with Gasteiger partial charge in [-0.05, 0) is 105 Å². The maximum absolute atomic E-state index is 12.7. The van der Waals surface area contributed by atoms with E-state index in [1.165, 1.54) is 23.5 Å². The zero-order chi connectivity index (χ0) is 31.9. The summed E-state index contributed by atoms with van der Waals surface area (Å²) in [4.78, 5) is 25.5. The highest BCUT2D eigenvalue weighted by Crippen LogP contribution is 2.31. The molecule has 6 aromatic rings. The van der Waals surface area contributed by atoms with Crippen molar-refractivity contribution in [3.63, 3.8) is 0 Å². The minimum Gasteiger partial charge on any atom is -0.325 e. The van der Waals surface area contributed by atoms with Crippen LogP contribution in [0.15, 0.2) is 107 Å². The average molecular weight is 649 g/mol. The van der Waals surface area contributed by atoms with Crippen molar-refractivity contribution in [3.8, 4) is 22.5 Å². The van der Waals surface area contributed by atoms with Crippen LogP contribution in [-0.4, -0.2) is 63.7 Å². The van der Waals surface area contributed by atoms with Crippen molar-refractivity contribution in [2.75, 3.05) is 22.1 Å². The van der Waals surface area contributed by atoms with Gasteiger partial charge < -0.3 is 10.6 Å². The number of benzene rings is 4. The lowest BCUT2D eigenvalue weighted by molar-refractivity contribution is -0.114. The van der Waals surface area contributed by atoms with E-state index in [1.54, 1.807) is 9.36 Å². The maximum Gasteiger partial charge on any atom is 0.234 e. The zero-order valence-corrected chi connectivity index (χ0v) is 26.5. The average Bonchev–Trinajstić information content (AvgIpc) is 3.74. The van der Waals surface area contributed by atoms with Gasteiger partial charge in [-0.25, -0.2) is 0 Å². The summed E-state index contributed by atoms with van der Waals surface area (Å²) in [6.45, 7) is 4.01. The van der Waals surface area contributed by atoms with Crippen LogP contribution in [-0.2, 0) is 9.59 Å². The second-order valence-corrected chi connectivity index (χ2v) is 12.0. The van der Waals surface area contributed by atoms with E-state index in [9.17, 15) is 9.59 Å². The Balaban J connectivity index is 1.04. The Bertz CT molecular complexity index is 1840. The van der Waals surface area contributed by atoms with Crippen LogP contribution in [0, 0.1) is 13.8 Å². The van der Waals surface area contributed by atoms with E-state index in [-0.39, 0.29) is 23.3 Å². The van der Waals surface area contributed by atoms with Crippen molar-refractivity contribution in [1.82, 2.24) is 40.4 Å². The Hall–Kier alpha value is -5.34. The quantitative estimate of drug-likeness (QED) is 0.176. The molecule has 2 N–H and O–H groups in total. The minimum absolute atomic E-state index is 0.156. The highest BCUT2D eigenvalue weighted by Gasteiger charge is 2.15. The van der Waals surface area contributed by atoms with Crippen LogP contribution in [0.25, 0.3) is 22.5 Å². The number of thioether (sulfide) groups is 2. The predicted molar refractivity (Wildman–Crippen MR) is 178 cm³/mol. The molecule has 0 spiro atoms. The van der Waals surface area contributed by atoms with Gasteiger partial charge in [0, 0.05) is 11.4 Å². The van der Waals surface area contributed by atoms with Crippen LogP contribution in [0.2, 0.25) is 0 Å². The van der Waals surface area contributed by atoms with E-state index in [2.05, 4.69) is 41.7 Å². The first-order valence-electron chi connectivity index (χ1n) is 14.2. The molecule has 0 aliphatic rings. The molecular weight excluding hydrogens is 621 g/mol. The van der Waals surface area contributed by atoms with Gasteiger partial charge in [0.1, 0.15) is 0 Å². The number of hydrogen-bond acceptors (Lipinski definition) is 10. The van der Waals surface area contributed by atoms with Gasteiger partial charge in [0.15, 0.2) is 0 Å². The molecule has 0 radical (unpaired) electrons. The number of amides is 2. The lowest BCUT2D eigenvalue weighted by atomic mass is 9.96. The first-order chi connectivity index (χ1) is 22.4. The third-order valence-electron chi connectivity index (χ3n) is 6.86. The topological polar surface area (TPSA) is 145 Å². The Labute approximate surface area is 273 Å². The van der Waals surface area contributed by atoms with Crippen LogP contribution < -0.4 is 10.6 Å². The van der Waals surface area contributed by atoms with Gasteiger partial charge in [-0.15, -0.1) is 10.2 Å². The molecule has 2 heterocycles. The Morgan fingerprint density at radius 1 is 0.609 bits per heavy atom. The van der Waals surface area contributed by atoms with Crippen molar-refractivity contribution in [2.45, 2.75) is 24.2 Å². The lowest BCUT2D eigenvalue weighted by Gasteiger charge is -2.14. The van der Waals surface area contributed by atoms with Crippen LogP contribution in [0.1, 0.15) is 11.1 Å². The first-order valence-corrected chi connectivity index (χ1v) is 16.2. The predicted octanol–water partition coefficient (Wildman–Crippen LogP) is 5.38. The number of para-hydroxylation sites is 2. The molecule has 0 bridgehead atoms. The van der Waals surface area contributed by atoms with E-state index in [1.807, 2.05) is 111 Å². The fourth-order valence-corrected chi connectivity index (χ4v) is 6.12. The normalized spacial score (nSPS) is 10.9. The summed E-state index contributed by atoms with van der Waals surface area (Å²) in [5.74, 6) is -0.0114. The Kier molecular flexibility index (Phi) is 9.45. The summed E-state index contributed by atoms with van der Waals surface area (Å²) in [6, 6.07) is 30.7. The highest BCUT2D eigenvalue weighted by atomic mass is 32.2. The van der Waals surface area contributed by atoms with E-state index in [4.69, 9.17) is 0 Å². The Morgan fingerprint density at radius 2 is 1.02 bits per heavy atom. The third-order valence-corrected chi connectivity index (χ3v) is 8.70. The van der Waals surface area contributed by atoms with Gasteiger partial charge in [-0.3, -0.25) is 9.59 Å². The van der Waals surface area contributed by atoms with Crippen molar-refractivity contribution in [3.05, 3.63) is 108 Å². The number of carbonyl (C=O) groups is 2. The summed E-state index contributed by atoms with van der Waals surface area (Å²) >= 11 is 2.53. The van der Waals surface area contributed by atoms with E-state index in [0.717, 1.165) is 33.6 Å². The first kappa shape index (κ1) is 30.7. The molecule has 6 rings (SSSR count). The van der Waals surface area contributed by atoms with E-state index in [0.29, 0.717) is 21.7 Å². The molecule has 0 saturated carbocycles. The SMILES string of the molecule is Cc1cc(NC(=O)CSc2nnnn2-c2ccccc2)ccc1-c1ccc(NC(=O)CSc2nnnn2-c2ccccc2)cc1C. The van der Waals surface area contributed by atoms with Crippen molar-refractivity contribution < 1.29 is 9.59 Å². The smallest absolute Gasteiger partial charge is 0.234 e. The molecule has 2 aromatic heterocycles. The van der Waals surface area contributed by atoms with Crippen LogP contribution in [0.4, 0.5) is 11.4 Å². The molecule has 14 heteroatoms. The van der Waals surface area contributed by atoms with Crippen molar-refractivity contribution in [1.29, 1.82) is 0 Å². The number of rotatable bonds is 11. The van der Waals surface area contributed by atoms with E-state index >= 15 is 0 Å². The number of aromatic nitrogens is 8. The molecule has 46 heavy (non-hydrogen) atoms. The third kappa shape index (κ3) is 7.30. The van der Waals surface area contributed by atoms with Gasteiger partial charge in [-0.2, -0.15) is 9.36 Å². The lowest BCUT2D eigenvalue weighted by Crippen LogP contribution is -2.15. The number of nitrogens with one attached hydrogen (secondary N) is 2. The largest absolute Gasteiger partial charge is 0.325 e. The molecule has 0 unspecified atom stereocenters. The maximum atomic E-state index is 12.7. The molecule has 4 aromatic carbocycles. The molecule has 230 valence electrons. The molecule has 0 saturated heterocycles. The van der Waals surface area contributed by atoms with Crippen molar-refractivity contribution >= 4 is 46.7 Å². The summed E-state index contributed by atoms with van der Waals surface area (Å²) in [7, 11) is 0. The second kappa shape index (κ2) is 14.2. The highest BCUT2D eigenvalue weighted by molar-refractivity contribution is 8.00. The fourth-order valence-electron chi connectivity index (χ4n) is 4.74. The molecular formula is C32H28N10O2S2. The van der Waals surface area contributed by atoms with Gasteiger partial charge >= 0.3 is 0 Å². The molecule has 0 fully saturated rings. The van der Waals surface area contributed by atoms with Gasteiger partial charge in [0.2, 0.25) is 22.1 Å². The van der Waals surface area contributed by atoms with Crippen LogP contribution >= 0.6 is 23.5 Å². The Morgan fingerprint density at radius 3 is 1.41 bits per heavy atom. The van der Waals surface area contributed by atoms with Crippen LogP contribution in [0.3, 0.4) is 0 Å². The second-order valence-electron chi connectivity index (χ2n) is 10.2. The van der Waals surface area contributed by atoms with Gasteiger partial charge in [0.25, 0.3) is 0 Å². The monoisotopic (exact) mass is 648 g/mol. The van der Waals surface area contributed by atoms with E-state index < -0.39 is 0 Å². The standard InChI is InChI=1S/C32H28N10O2S2/c1-21-17-23(33-29(43)19-45-31-35-37-39-41(31)25-9-5-3-6-10-25)13-15-27(21)28-16-14-24(18-22(28)2)34-30(44)20-46-32-36-38-40-42(32)26-11-7-4-8-12-26/h3-18H,19-20H2,1-2H3,(H,33,43)(H,34,44). The fraction of sp³-hybridized carbons (Fsp3) is 0.125. The summed E-state index contributed by atoms with van der Waals surface area (Å²) in [6.07, 6.45) is 0. The number of anilines is 2. The molecule has 12 nitrogen and oxygen atoms in total. The van der Waals surface area contributed by atoms with Gasteiger partial charge in [-0.1, -0.05) is 72.1 Å². The zero-order valence-electron chi connectivity index (χ0n) is 24.9. The molecule has 0 atom stereocenters. The number of hydrogen-bond donors (Lipinski definition) is 2.